The van der Waals surface area contributed by atoms with Gasteiger partial charge >= 0.3 is 5.97 Å². The molecule has 1 fully saturated rings. The summed E-state index contributed by atoms with van der Waals surface area (Å²) in [6.45, 7) is 4.10. The molecule has 1 heterocycles. The lowest BCUT2D eigenvalue weighted by Crippen LogP contribution is -2.41. The van der Waals surface area contributed by atoms with Gasteiger partial charge in [0.25, 0.3) is 0 Å². The van der Waals surface area contributed by atoms with Crippen LogP contribution in [0.2, 0.25) is 0 Å². The molecule has 7 nitrogen and oxygen atoms in total. The summed E-state index contributed by atoms with van der Waals surface area (Å²) < 4.78 is 45.5. The van der Waals surface area contributed by atoms with Gasteiger partial charge in [-0.15, -0.1) is 0 Å². The lowest BCUT2D eigenvalue weighted by molar-refractivity contribution is -0.120. The topological polar surface area (TPSA) is 92.8 Å². The molecule has 0 spiro atoms. The molecule has 3 rings (SSSR count). The lowest BCUT2D eigenvalue weighted by Gasteiger charge is -2.30. The highest BCUT2D eigenvalue weighted by Gasteiger charge is 2.32. The van der Waals surface area contributed by atoms with Gasteiger partial charge in [0, 0.05) is 24.7 Å². The number of benzene rings is 2. The Morgan fingerprint density at radius 2 is 1.77 bits per heavy atom. The predicted octanol–water partition coefficient (Wildman–Crippen LogP) is 3.35. The van der Waals surface area contributed by atoms with Crippen LogP contribution in [-0.2, 0) is 19.6 Å². The molecular formula is C22H25FN2O5S. The number of hydrogen-bond donors (Lipinski definition) is 1. The van der Waals surface area contributed by atoms with Crippen LogP contribution >= 0.6 is 0 Å². The zero-order valence-corrected chi connectivity index (χ0v) is 18.2. The van der Waals surface area contributed by atoms with Crippen molar-refractivity contribution < 1.29 is 27.1 Å². The molecule has 1 saturated heterocycles. The Bertz CT molecular complexity index is 1060. The second-order valence-corrected chi connectivity index (χ2v) is 9.31. The minimum atomic E-state index is -3.74. The largest absolute Gasteiger partial charge is 0.462 e. The highest BCUT2D eigenvalue weighted by atomic mass is 32.2. The van der Waals surface area contributed by atoms with Crippen LogP contribution in [0.15, 0.2) is 47.4 Å². The van der Waals surface area contributed by atoms with Gasteiger partial charge in [-0.1, -0.05) is 6.07 Å². The predicted molar refractivity (Wildman–Crippen MR) is 114 cm³/mol. The van der Waals surface area contributed by atoms with E-state index in [1.54, 1.807) is 19.9 Å². The fourth-order valence-electron chi connectivity index (χ4n) is 3.45. The molecule has 0 aliphatic carbocycles. The molecule has 0 radical (unpaired) electrons. The zero-order chi connectivity index (χ0) is 22.6. The van der Waals surface area contributed by atoms with Crippen molar-refractivity contribution in [3.8, 4) is 0 Å². The first-order chi connectivity index (χ1) is 14.7. The monoisotopic (exact) mass is 448 g/mol. The van der Waals surface area contributed by atoms with Gasteiger partial charge in [0.1, 0.15) is 5.82 Å². The van der Waals surface area contributed by atoms with Crippen molar-refractivity contribution in [2.24, 2.45) is 5.92 Å². The van der Waals surface area contributed by atoms with E-state index in [1.165, 1.54) is 40.7 Å². The second-order valence-electron chi connectivity index (χ2n) is 7.37. The normalized spacial score (nSPS) is 15.5. The number of nitrogens with one attached hydrogen (secondary N) is 1. The van der Waals surface area contributed by atoms with Crippen molar-refractivity contribution in [2.45, 2.75) is 31.6 Å². The Balaban J connectivity index is 1.62. The summed E-state index contributed by atoms with van der Waals surface area (Å²) in [4.78, 5) is 24.4. The summed E-state index contributed by atoms with van der Waals surface area (Å²) in [6.07, 6.45) is 0.723. The number of aryl methyl sites for hydroxylation is 1. The quantitative estimate of drug-likeness (QED) is 0.684. The van der Waals surface area contributed by atoms with E-state index in [9.17, 15) is 22.4 Å². The molecule has 1 amide bonds. The van der Waals surface area contributed by atoms with Crippen LogP contribution in [0, 0.1) is 18.7 Å². The number of esters is 1. The number of rotatable bonds is 6. The van der Waals surface area contributed by atoms with Gasteiger partial charge in [0.05, 0.1) is 17.1 Å². The Morgan fingerprint density at radius 1 is 1.13 bits per heavy atom. The average molecular weight is 449 g/mol. The molecule has 9 heteroatoms. The minimum absolute atomic E-state index is 0.0823. The summed E-state index contributed by atoms with van der Waals surface area (Å²) in [5, 5.41) is 2.74. The van der Waals surface area contributed by atoms with Crippen LogP contribution in [0.3, 0.4) is 0 Å². The zero-order valence-electron chi connectivity index (χ0n) is 17.4. The average Bonchev–Trinajstić information content (AvgIpc) is 2.76. The number of ether oxygens (including phenoxy) is 1. The van der Waals surface area contributed by atoms with Gasteiger partial charge in [0.15, 0.2) is 0 Å². The molecular weight excluding hydrogens is 423 g/mol. The van der Waals surface area contributed by atoms with Gasteiger partial charge in [-0.25, -0.2) is 17.6 Å². The number of nitrogens with zero attached hydrogens (tertiary/aromatic N) is 1. The van der Waals surface area contributed by atoms with Crippen LogP contribution in [-0.4, -0.2) is 44.3 Å². The van der Waals surface area contributed by atoms with Gasteiger partial charge in [-0.3, -0.25) is 4.79 Å². The molecule has 0 atom stereocenters. The smallest absolute Gasteiger partial charge is 0.338 e. The van der Waals surface area contributed by atoms with Crippen LogP contribution in [0.5, 0.6) is 0 Å². The van der Waals surface area contributed by atoms with Gasteiger partial charge in [0.2, 0.25) is 15.9 Å². The van der Waals surface area contributed by atoms with E-state index in [0.717, 1.165) is 5.56 Å². The molecule has 1 aliphatic heterocycles. The van der Waals surface area contributed by atoms with Gasteiger partial charge in [-0.2, -0.15) is 4.31 Å². The molecule has 0 aromatic heterocycles. The number of anilines is 1. The highest BCUT2D eigenvalue weighted by molar-refractivity contribution is 7.89. The van der Waals surface area contributed by atoms with Crippen molar-refractivity contribution >= 4 is 27.6 Å². The van der Waals surface area contributed by atoms with Crippen molar-refractivity contribution in [1.29, 1.82) is 0 Å². The van der Waals surface area contributed by atoms with E-state index >= 15 is 0 Å². The molecule has 0 unspecified atom stereocenters. The third kappa shape index (κ3) is 5.29. The Labute approximate surface area is 181 Å². The first-order valence-electron chi connectivity index (χ1n) is 10.1. The number of sulfonamides is 1. The van der Waals surface area contributed by atoms with E-state index in [0.29, 0.717) is 18.5 Å². The third-order valence-corrected chi connectivity index (χ3v) is 7.20. The Kier molecular flexibility index (Phi) is 7.07. The van der Waals surface area contributed by atoms with Crippen molar-refractivity contribution in [2.75, 3.05) is 25.0 Å². The number of halogens is 1. The van der Waals surface area contributed by atoms with E-state index in [-0.39, 0.29) is 42.0 Å². The number of hydrogen-bond acceptors (Lipinski definition) is 5. The third-order valence-electron chi connectivity index (χ3n) is 5.29. The van der Waals surface area contributed by atoms with E-state index in [1.807, 2.05) is 0 Å². The maximum absolute atomic E-state index is 13.4. The summed E-state index contributed by atoms with van der Waals surface area (Å²) >= 11 is 0. The Morgan fingerprint density at radius 3 is 2.39 bits per heavy atom. The van der Waals surface area contributed by atoms with Crippen molar-refractivity contribution in [3.05, 3.63) is 59.4 Å². The maximum Gasteiger partial charge on any atom is 0.338 e. The standard InChI is InChI=1S/C22H25FN2O5S/c1-3-30-22(27)17-5-8-19(9-6-17)31(28,29)25-12-10-16(11-13-25)21(26)24-20-14-18(23)7-4-15(20)2/h4-9,14,16H,3,10-13H2,1-2H3,(H,24,26). The molecule has 0 saturated carbocycles. The van der Waals surface area contributed by atoms with Crippen LogP contribution in [0.25, 0.3) is 0 Å². The fourth-order valence-corrected chi connectivity index (χ4v) is 4.92. The fraction of sp³-hybridized carbons (Fsp3) is 0.364. The number of piperidine rings is 1. The molecule has 1 aliphatic rings. The van der Waals surface area contributed by atoms with Crippen LogP contribution in [0.4, 0.5) is 10.1 Å². The second kappa shape index (κ2) is 9.57. The van der Waals surface area contributed by atoms with E-state index in [4.69, 9.17) is 4.74 Å². The molecule has 2 aromatic rings. The summed E-state index contributed by atoms with van der Waals surface area (Å²) in [5.41, 5.74) is 1.45. The lowest BCUT2D eigenvalue weighted by atomic mass is 9.97. The highest BCUT2D eigenvalue weighted by Crippen LogP contribution is 2.26. The maximum atomic E-state index is 13.4. The molecule has 31 heavy (non-hydrogen) atoms. The van der Waals surface area contributed by atoms with Gasteiger partial charge in [-0.05, 0) is 68.7 Å². The number of carbonyl (C=O) groups is 2. The van der Waals surface area contributed by atoms with E-state index in [2.05, 4.69) is 5.32 Å². The minimum Gasteiger partial charge on any atom is -0.462 e. The summed E-state index contributed by atoms with van der Waals surface area (Å²) in [7, 11) is -3.74. The van der Waals surface area contributed by atoms with Gasteiger partial charge < -0.3 is 10.1 Å². The van der Waals surface area contributed by atoms with Crippen LogP contribution in [0.1, 0.15) is 35.7 Å². The van der Waals surface area contributed by atoms with Crippen molar-refractivity contribution in [3.63, 3.8) is 0 Å². The SMILES string of the molecule is CCOC(=O)c1ccc(S(=O)(=O)N2CCC(C(=O)Nc3cc(F)ccc3C)CC2)cc1. The van der Waals surface area contributed by atoms with E-state index < -0.39 is 21.8 Å². The number of carbonyl (C=O) groups excluding carboxylic acids is 2. The first-order valence-corrected chi connectivity index (χ1v) is 11.5. The molecule has 1 N–H and O–H groups in total. The molecule has 0 bridgehead atoms. The molecule has 2 aromatic carbocycles. The van der Waals surface area contributed by atoms with Crippen LogP contribution < -0.4 is 5.32 Å². The first kappa shape index (κ1) is 22.9. The summed E-state index contributed by atoms with van der Waals surface area (Å²) in [6, 6.07) is 9.80. The molecule has 166 valence electrons. The number of amides is 1. The summed E-state index contributed by atoms with van der Waals surface area (Å²) in [5.74, 6) is -1.55. The van der Waals surface area contributed by atoms with Crippen molar-refractivity contribution in [1.82, 2.24) is 4.31 Å². The Hall–Kier alpha value is -2.78.